The number of anilines is 1. The van der Waals surface area contributed by atoms with Crippen LogP contribution in [0.4, 0.5) is 5.69 Å². The number of hydrogen-bond donors (Lipinski definition) is 1. The van der Waals surface area contributed by atoms with Crippen LogP contribution in [-0.4, -0.2) is 17.9 Å². The van der Waals surface area contributed by atoms with Gasteiger partial charge in [-0.3, -0.25) is 4.79 Å². The predicted octanol–water partition coefficient (Wildman–Crippen LogP) is 1.41. The van der Waals surface area contributed by atoms with Gasteiger partial charge in [0, 0.05) is 18.9 Å². The molecular weight excluding hydrogens is 176 g/mol. The van der Waals surface area contributed by atoms with Crippen molar-refractivity contribution in [3.63, 3.8) is 0 Å². The average Bonchev–Trinajstić information content (AvgIpc) is 2.29. The summed E-state index contributed by atoms with van der Waals surface area (Å²) in [6, 6.07) is 5.57. The standard InChI is InChI=1S/C11H12N2O/c1-13-7-3-5-8-4-2-6-9(12)10(8)11(13)14/h2-4,6-7H,5,12H2,1H3. The molecule has 2 rings (SSSR count). The van der Waals surface area contributed by atoms with Crippen LogP contribution in [0.3, 0.4) is 0 Å². The fourth-order valence-corrected chi connectivity index (χ4v) is 1.63. The Bertz CT molecular complexity index is 410. The molecule has 1 aliphatic rings. The van der Waals surface area contributed by atoms with Crippen molar-refractivity contribution < 1.29 is 4.79 Å². The second-order valence-corrected chi connectivity index (χ2v) is 3.39. The zero-order valence-corrected chi connectivity index (χ0v) is 8.03. The maximum absolute atomic E-state index is 11.9. The van der Waals surface area contributed by atoms with Crippen molar-refractivity contribution in [2.24, 2.45) is 0 Å². The van der Waals surface area contributed by atoms with Crippen molar-refractivity contribution >= 4 is 11.6 Å². The number of fused-ring (bicyclic) bond motifs is 1. The highest BCUT2D eigenvalue weighted by Gasteiger charge is 2.18. The van der Waals surface area contributed by atoms with Gasteiger partial charge in [0.05, 0.1) is 5.56 Å². The maximum Gasteiger partial charge on any atom is 0.259 e. The second-order valence-electron chi connectivity index (χ2n) is 3.39. The van der Waals surface area contributed by atoms with Crippen LogP contribution in [-0.2, 0) is 6.42 Å². The molecule has 0 spiro atoms. The Hall–Kier alpha value is -1.77. The molecule has 0 bridgehead atoms. The zero-order valence-electron chi connectivity index (χ0n) is 8.03. The Labute approximate surface area is 82.8 Å². The summed E-state index contributed by atoms with van der Waals surface area (Å²) in [5.41, 5.74) is 7.98. The van der Waals surface area contributed by atoms with Crippen LogP contribution in [0.25, 0.3) is 0 Å². The van der Waals surface area contributed by atoms with Gasteiger partial charge >= 0.3 is 0 Å². The molecule has 1 amide bonds. The lowest BCUT2D eigenvalue weighted by Gasteiger charge is -2.13. The number of nitrogen functional groups attached to an aromatic ring is 1. The zero-order chi connectivity index (χ0) is 10.1. The molecule has 3 heteroatoms. The third-order valence-corrected chi connectivity index (χ3v) is 2.38. The summed E-state index contributed by atoms with van der Waals surface area (Å²) >= 11 is 0. The smallest absolute Gasteiger partial charge is 0.259 e. The van der Waals surface area contributed by atoms with Crippen LogP contribution in [0.5, 0.6) is 0 Å². The minimum atomic E-state index is -0.0353. The van der Waals surface area contributed by atoms with Gasteiger partial charge in [-0.15, -0.1) is 0 Å². The highest BCUT2D eigenvalue weighted by molar-refractivity contribution is 6.01. The number of benzene rings is 1. The topological polar surface area (TPSA) is 46.3 Å². The van der Waals surface area contributed by atoms with E-state index >= 15 is 0 Å². The van der Waals surface area contributed by atoms with Crippen LogP contribution in [0.1, 0.15) is 15.9 Å². The molecule has 2 N–H and O–H groups in total. The fraction of sp³-hybridized carbons (Fsp3) is 0.182. The van der Waals surface area contributed by atoms with E-state index in [4.69, 9.17) is 5.73 Å². The monoisotopic (exact) mass is 188 g/mol. The fourth-order valence-electron chi connectivity index (χ4n) is 1.63. The molecule has 3 nitrogen and oxygen atoms in total. The largest absolute Gasteiger partial charge is 0.398 e. The number of nitrogens with zero attached hydrogens (tertiary/aromatic N) is 1. The average molecular weight is 188 g/mol. The van der Waals surface area contributed by atoms with Gasteiger partial charge in [0.2, 0.25) is 0 Å². The number of hydrogen-bond acceptors (Lipinski definition) is 2. The summed E-state index contributed by atoms with van der Waals surface area (Å²) in [5, 5.41) is 0. The molecule has 14 heavy (non-hydrogen) atoms. The summed E-state index contributed by atoms with van der Waals surface area (Å²) in [4.78, 5) is 13.4. The van der Waals surface area contributed by atoms with Crippen molar-refractivity contribution in [2.45, 2.75) is 6.42 Å². The van der Waals surface area contributed by atoms with E-state index in [2.05, 4.69) is 0 Å². The lowest BCUT2D eigenvalue weighted by molar-refractivity contribution is 0.0852. The van der Waals surface area contributed by atoms with Gasteiger partial charge in [-0.05, 0) is 18.1 Å². The highest BCUT2D eigenvalue weighted by Crippen LogP contribution is 2.21. The van der Waals surface area contributed by atoms with Gasteiger partial charge in [-0.25, -0.2) is 0 Å². The Morgan fingerprint density at radius 2 is 2.21 bits per heavy atom. The first-order valence-corrected chi connectivity index (χ1v) is 4.51. The van der Waals surface area contributed by atoms with Crippen LogP contribution >= 0.6 is 0 Å². The van der Waals surface area contributed by atoms with Gasteiger partial charge in [-0.1, -0.05) is 18.2 Å². The van der Waals surface area contributed by atoms with Crippen LogP contribution in [0.15, 0.2) is 30.5 Å². The lowest BCUT2D eigenvalue weighted by Crippen LogP contribution is -2.21. The first kappa shape index (κ1) is 8.81. The normalized spacial score (nSPS) is 15.2. The number of amides is 1. The van der Waals surface area contributed by atoms with Crippen LogP contribution < -0.4 is 5.73 Å². The third kappa shape index (κ3) is 1.27. The third-order valence-electron chi connectivity index (χ3n) is 2.38. The summed E-state index contributed by atoms with van der Waals surface area (Å²) in [7, 11) is 1.74. The van der Waals surface area contributed by atoms with E-state index in [1.165, 1.54) is 0 Å². The van der Waals surface area contributed by atoms with E-state index < -0.39 is 0 Å². The molecule has 1 heterocycles. The molecule has 0 atom stereocenters. The minimum absolute atomic E-state index is 0.0353. The van der Waals surface area contributed by atoms with E-state index in [9.17, 15) is 4.79 Å². The van der Waals surface area contributed by atoms with Crippen LogP contribution in [0, 0.1) is 0 Å². The van der Waals surface area contributed by atoms with Gasteiger partial charge in [0.25, 0.3) is 5.91 Å². The number of carbonyl (C=O) groups is 1. The first-order chi connectivity index (χ1) is 6.70. The summed E-state index contributed by atoms with van der Waals surface area (Å²) < 4.78 is 0. The highest BCUT2D eigenvalue weighted by atomic mass is 16.2. The van der Waals surface area contributed by atoms with E-state index in [0.717, 1.165) is 12.0 Å². The van der Waals surface area contributed by atoms with Crippen molar-refractivity contribution in [3.05, 3.63) is 41.6 Å². The molecule has 1 aromatic rings. The molecule has 0 radical (unpaired) electrons. The Kier molecular flexibility index (Phi) is 2.00. The van der Waals surface area contributed by atoms with Crippen molar-refractivity contribution in [1.82, 2.24) is 4.90 Å². The van der Waals surface area contributed by atoms with E-state index in [1.807, 2.05) is 18.2 Å². The molecule has 0 saturated heterocycles. The second kappa shape index (κ2) is 3.18. The molecular formula is C11H12N2O. The first-order valence-electron chi connectivity index (χ1n) is 4.51. The minimum Gasteiger partial charge on any atom is -0.398 e. The molecule has 72 valence electrons. The number of rotatable bonds is 0. The number of carbonyl (C=O) groups excluding carboxylic acids is 1. The molecule has 0 saturated carbocycles. The van der Waals surface area contributed by atoms with Crippen molar-refractivity contribution in [2.75, 3.05) is 12.8 Å². The lowest BCUT2D eigenvalue weighted by atomic mass is 10.0. The molecule has 0 unspecified atom stereocenters. The molecule has 1 aliphatic heterocycles. The Morgan fingerprint density at radius 3 is 3.00 bits per heavy atom. The molecule has 0 fully saturated rings. The molecule has 0 aliphatic carbocycles. The molecule has 0 aromatic heterocycles. The number of allylic oxidation sites excluding steroid dienone is 1. The van der Waals surface area contributed by atoms with Gasteiger partial charge in [0.15, 0.2) is 0 Å². The van der Waals surface area contributed by atoms with Crippen molar-refractivity contribution in [1.29, 1.82) is 0 Å². The Morgan fingerprint density at radius 1 is 1.43 bits per heavy atom. The van der Waals surface area contributed by atoms with Gasteiger partial charge < -0.3 is 10.6 Å². The van der Waals surface area contributed by atoms with Gasteiger partial charge in [-0.2, -0.15) is 0 Å². The quantitative estimate of drug-likeness (QED) is 0.626. The number of nitrogens with two attached hydrogens (primary N) is 1. The van der Waals surface area contributed by atoms with E-state index in [0.29, 0.717) is 11.3 Å². The van der Waals surface area contributed by atoms with E-state index in [-0.39, 0.29) is 5.91 Å². The SMILES string of the molecule is CN1C=CCc2cccc(N)c2C1=O. The van der Waals surface area contributed by atoms with Crippen LogP contribution in [0.2, 0.25) is 0 Å². The molecule has 1 aromatic carbocycles. The summed E-state index contributed by atoms with van der Waals surface area (Å²) in [6.07, 6.45) is 4.50. The Balaban J connectivity index is 2.61. The van der Waals surface area contributed by atoms with Crippen molar-refractivity contribution in [3.8, 4) is 0 Å². The summed E-state index contributed by atoms with van der Waals surface area (Å²) in [6.45, 7) is 0. The maximum atomic E-state index is 11.9. The van der Waals surface area contributed by atoms with E-state index in [1.54, 1.807) is 24.2 Å². The summed E-state index contributed by atoms with van der Waals surface area (Å²) in [5.74, 6) is -0.0353. The predicted molar refractivity (Wildman–Crippen MR) is 55.8 cm³/mol. The van der Waals surface area contributed by atoms with Gasteiger partial charge in [0.1, 0.15) is 0 Å².